The fourth-order valence-corrected chi connectivity index (χ4v) is 3.63. The minimum Gasteiger partial charge on any atom is -0.356 e. The van der Waals surface area contributed by atoms with Gasteiger partial charge < -0.3 is 15.5 Å². The van der Waals surface area contributed by atoms with E-state index in [1.807, 2.05) is 30.3 Å². The van der Waals surface area contributed by atoms with E-state index in [1.165, 1.54) is 12.4 Å². The lowest BCUT2D eigenvalue weighted by molar-refractivity contribution is -0.134. The summed E-state index contributed by atoms with van der Waals surface area (Å²) in [5.41, 5.74) is 1.77. The zero-order valence-electron chi connectivity index (χ0n) is 17.8. The van der Waals surface area contributed by atoms with Crippen LogP contribution in [0.5, 0.6) is 0 Å². The van der Waals surface area contributed by atoms with Crippen molar-refractivity contribution in [3.63, 3.8) is 0 Å². The van der Waals surface area contributed by atoms with E-state index >= 15 is 0 Å². The standard InChI is InChI=1S/C23H29N5O3/c1-17-14-26-19(15-25-17)23(31)27-16-22(30)28-12-8-3-2-7-11-24-21(29)13-20(28)18-9-5-4-6-10-18/h4-6,9-10,14-15,20H,2-3,7-8,11-13,16H2,1H3,(H,24,29)(H,27,31). The van der Waals surface area contributed by atoms with Gasteiger partial charge in [-0.05, 0) is 25.3 Å². The van der Waals surface area contributed by atoms with Gasteiger partial charge in [0.1, 0.15) is 5.69 Å². The Hall–Kier alpha value is -3.29. The van der Waals surface area contributed by atoms with Crippen LogP contribution in [0, 0.1) is 6.92 Å². The number of aromatic nitrogens is 2. The molecule has 0 bridgehead atoms. The maximum absolute atomic E-state index is 13.2. The molecule has 1 atom stereocenters. The number of carbonyl (C=O) groups excluding carboxylic acids is 3. The van der Waals surface area contributed by atoms with Gasteiger partial charge in [0.05, 0.1) is 30.9 Å². The SMILES string of the molecule is Cc1cnc(C(=O)NCC(=O)N2CCCCCCNC(=O)CC2c2ccccc2)cn1. The first-order valence-electron chi connectivity index (χ1n) is 10.7. The van der Waals surface area contributed by atoms with Crippen LogP contribution in [-0.2, 0) is 9.59 Å². The molecule has 164 valence electrons. The summed E-state index contributed by atoms with van der Waals surface area (Å²) in [6.07, 6.45) is 6.85. The second-order valence-electron chi connectivity index (χ2n) is 7.71. The number of benzene rings is 1. The second-order valence-corrected chi connectivity index (χ2v) is 7.71. The molecule has 1 aromatic heterocycles. The third-order valence-electron chi connectivity index (χ3n) is 5.32. The highest BCUT2D eigenvalue weighted by molar-refractivity contribution is 5.94. The molecule has 1 aliphatic rings. The molecule has 0 spiro atoms. The molecule has 0 radical (unpaired) electrons. The molecular formula is C23H29N5O3. The summed E-state index contributed by atoms with van der Waals surface area (Å²) < 4.78 is 0. The van der Waals surface area contributed by atoms with E-state index in [0.29, 0.717) is 18.8 Å². The molecular weight excluding hydrogens is 394 g/mol. The monoisotopic (exact) mass is 423 g/mol. The van der Waals surface area contributed by atoms with Gasteiger partial charge in [-0.3, -0.25) is 19.4 Å². The lowest BCUT2D eigenvalue weighted by atomic mass is 10.0. The first-order valence-corrected chi connectivity index (χ1v) is 10.7. The Morgan fingerprint density at radius 1 is 1.10 bits per heavy atom. The van der Waals surface area contributed by atoms with Crippen molar-refractivity contribution in [2.45, 2.75) is 45.1 Å². The van der Waals surface area contributed by atoms with Crippen molar-refractivity contribution < 1.29 is 14.4 Å². The molecule has 8 heteroatoms. The maximum Gasteiger partial charge on any atom is 0.271 e. The molecule has 31 heavy (non-hydrogen) atoms. The summed E-state index contributed by atoms with van der Waals surface area (Å²) in [7, 11) is 0. The molecule has 1 saturated heterocycles. The number of carbonyl (C=O) groups is 3. The van der Waals surface area contributed by atoms with Crippen LogP contribution in [0.25, 0.3) is 0 Å². The van der Waals surface area contributed by atoms with Crippen molar-refractivity contribution in [1.29, 1.82) is 0 Å². The minimum atomic E-state index is -0.451. The first-order chi connectivity index (χ1) is 15.0. The summed E-state index contributed by atoms with van der Waals surface area (Å²) in [6, 6.07) is 9.18. The van der Waals surface area contributed by atoms with Gasteiger partial charge in [0.25, 0.3) is 5.91 Å². The molecule has 3 amide bonds. The third kappa shape index (κ3) is 6.60. The van der Waals surface area contributed by atoms with E-state index in [1.54, 1.807) is 11.8 Å². The Morgan fingerprint density at radius 2 is 1.87 bits per heavy atom. The molecule has 2 N–H and O–H groups in total. The van der Waals surface area contributed by atoms with Crippen LogP contribution >= 0.6 is 0 Å². The van der Waals surface area contributed by atoms with E-state index in [2.05, 4.69) is 20.6 Å². The Balaban J connectivity index is 1.76. The highest BCUT2D eigenvalue weighted by Crippen LogP contribution is 2.25. The van der Waals surface area contributed by atoms with Crippen molar-refractivity contribution >= 4 is 17.7 Å². The molecule has 8 nitrogen and oxygen atoms in total. The summed E-state index contributed by atoms with van der Waals surface area (Å²) in [5.74, 6) is -0.755. The average molecular weight is 424 g/mol. The van der Waals surface area contributed by atoms with E-state index in [4.69, 9.17) is 0 Å². The number of nitrogens with one attached hydrogen (secondary N) is 2. The maximum atomic E-state index is 13.2. The van der Waals surface area contributed by atoms with Crippen molar-refractivity contribution in [1.82, 2.24) is 25.5 Å². The zero-order valence-corrected chi connectivity index (χ0v) is 17.8. The van der Waals surface area contributed by atoms with Crippen molar-refractivity contribution in [3.05, 3.63) is 59.7 Å². The predicted molar refractivity (Wildman–Crippen MR) is 116 cm³/mol. The minimum absolute atomic E-state index is 0.0764. The Labute approximate surface area is 182 Å². The van der Waals surface area contributed by atoms with Gasteiger partial charge >= 0.3 is 0 Å². The molecule has 1 fully saturated rings. The fraction of sp³-hybridized carbons (Fsp3) is 0.435. The van der Waals surface area contributed by atoms with Crippen LogP contribution in [0.4, 0.5) is 0 Å². The summed E-state index contributed by atoms with van der Waals surface area (Å²) in [6.45, 7) is 2.81. The van der Waals surface area contributed by atoms with Crippen LogP contribution in [0.15, 0.2) is 42.7 Å². The Morgan fingerprint density at radius 3 is 2.61 bits per heavy atom. The Kier molecular flexibility index (Phi) is 8.09. The first kappa shape index (κ1) is 22.4. The van der Waals surface area contributed by atoms with Gasteiger partial charge in [0.2, 0.25) is 11.8 Å². The summed E-state index contributed by atoms with van der Waals surface area (Å²) in [4.78, 5) is 47.9. The molecule has 1 unspecified atom stereocenters. The largest absolute Gasteiger partial charge is 0.356 e. The van der Waals surface area contributed by atoms with Gasteiger partial charge in [-0.25, -0.2) is 4.98 Å². The Bertz CT molecular complexity index is 886. The molecule has 2 heterocycles. The van der Waals surface area contributed by atoms with Gasteiger partial charge in [0, 0.05) is 19.3 Å². The molecule has 3 rings (SSSR count). The van der Waals surface area contributed by atoms with Crippen LogP contribution < -0.4 is 10.6 Å². The van der Waals surface area contributed by atoms with E-state index in [-0.39, 0.29) is 36.5 Å². The van der Waals surface area contributed by atoms with Crippen molar-refractivity contribution in [3.8, 4) is 0 Å². The van der Waals surface area contributed by atoms with E-state index in [9.17, 15) is 14.4 Å². The molecule has 2 aromatic rings. The zero-order chi connectivity index (χ0) is 22.1. The highest BCUT2D eigenvalue weighted by atomic mass is 16.2. The van der Waals surface area contributed by atoms with E-state index < -0.39 is 5.91 Å². The highest BCUT2D eigenvalue weighted by Gasteiger charge is 2.27. The topological polar surface area (TPSA) is 104 Å². The number of rotatable bonds is 4. The molecule has 1 aromatic carbocycles. The summed E-state index contributed by atoms with van der Waals surface area (Å²) >= 11 is 0. The smallest absolute Gasteiger partial charge is 0.271 e. The van der Waals surface area contributed by atoms with Gasteiger partial charge in [-0.2, -0.15) is 0 Å². The van der Waals surface area contributed by atoms with Gasteiger partial charge in [-0.15, -0.1) is 0 Å². The fourth-order valence-electron chi connectivity index (χ4n) is 3.63. The molecule has 1 aliphatic heterocycles. The number of amides is 3. The third-order valence-corrected chi connectivity index (χ3v) is 5.32. The number of hydrogen-bond donors (Lipinski definition) is 2. The normalized spacial score (nSPS) is 17.9. The predicted octanol–water partition coefficient (Wildman–Crippen LogP) is 2.17. The number of nitrogens with zero attached hydrogens (tertiary/aromatic N) is 3. The lowest BCUT2D eigenvalue weighted by Crippen LogP contribution is -2.44. The van der Waals surface area contributed by atoms with Crippen LogP contribution in [0.1, 0.15) is 59.9 Å². The van der Waals surface area contributed by atoms with Crippen LogP contribution in [-0.4, -0.2) is 52.2 Å². The van der Waals surface area contributed by atoms with Gasteiger partial charge in [-0.1, -0.05) is 43.2 Å². The number of hydrogen-bond acceptors (Lipinski definition) is 5. The quantitative estimate of drug-likeness (QED) is 0.784. The average Bonchev–Trinajstić information content (AvgIpc) is 2.83. The molecule has 0 saturated carbocycles. The lowest BCUT2D eigenvalue weighted by Gasteiger charge is -2.32. The number of aryl methyl sites for hydroxylation is 1. The van der Waals surface area contributed by atoms with Gasteiger partial charge in [0.15, 0.2) is 0 Å². The van der Waals surface area contributed by atoms with Crippen molar-refractivity contribution in [2.75, 3.05) is 19.6 Å². The van der Waals surface area contributed by atoms with Crippen LogP contribution in [0.3, 0.4) is 0 Å². The van der Waals surface area contributed by atoms with Crippen LogP contribution in [0.2, 0.25) is 0 Å². The van der Waals surface area contributed by atoms with E-state index in [0.717, 1.165) is 31.2 Å². The van der Waals surface area contributed by atoms with Crippen molar-refractivity contribution in [2.24, 2.45) is 0 Å². The summed E-state index contributed by atoms with van der Waals surface area (Å²) in [5, 5.41) is 5.60. The molecule has 0 aliphatic carbocycles. The second kappa shape index (κ2) is 11.2.